The van der Waals surface area contributed by atoms with Crippen LogP contribution < -0.4 is 16.0 Å². The number of carbonyl (C=O) groups excluding carboxylic acids is 1. The van der Waals surface area contributed by atoms with E-state index in [0.29, 0.717) is 46.5 Å². The first kappa shape index (κ1) is 28.6. The van der Waals surface area contributed by atoms with Crippen LogP contribution in [0.15, 0.2) is 77.2 Å². The van der Waals surface area contributed by atoms with Gasteiger partial charge in [0.05, 0.1) is 18.0 Å². The molecule has 0 spiro atoms. The molecular formula is C31H33ClFN7O. The van der Waals surface area contributed by atoms with Crippen LogP contribution >= 0.6 is 11.6 Å². The molecule has 2 aliphatic rings. The van der Waals surface area contributed by atoms with Crippen LogP contribution in [0.1, 0.15) is 34.3 Å². The van der Waals surface area contributed by atoms with E-state index in [9.17, 15) is 4.79 Å². The minimum Gasteiger partial charge on any atom is -0.355 e. The molecule has 5 rings (SSSR count). The molecule has 0 saturated carbocycles. The van der Waals surface area contributed by atoms with Gasteiger partial charge in [-0.1, -0.05) is 23.7 Å². The Morgan fingerprint density at radius 1 is 1.15 bits per heavy atom. The zero-order chi connectivity index (χ0) is 28.9. The third-order valence-electron chi connectivity index (χ3n) is 7.33. The minimum absolute atomic E-state index is 0.157. The molecule has 0 fully saturated rings. The van der Waals surface area contributed by atoms with Gasteiger partial charge in [0.15, 0.2) is 0 Å². The van der Waals surface area contributed by atoms with E-state index in [1.807, 2.05) is 38.4 Å². The number of nitrogens with one attached hydrogen (secondary N) is 3. The highest BCUT2D eigenvalue weighted by Gasteiger charge is 2.31. The summed E-state index contributed by atoms with van der Waals surface area (Å²) in [5.74, 6) is -0.0461. The highest BCUT2D eigenvalue weighted by molar-refractivity contribution is 6.31. The van der Waals surface area contributed by atoms with Gasteiger partial charge in [-0.3, -0.25) is 14.7 Å². The maximum absolute atomic E-state index is 15.7. The normalized spacial score (nSPS) is 16.1. The van der Waals surface area contributed by atoms with Crippen molar-refractivity contribution in [2.75, 3.05) is 39.5 Å². The number of fused-ring (bicyclic) bond motifs is 3. The van der Waals surface area contributed by atoms with Gasteiger partial charge in [0, 0.05) is 57.8 Å². The Bertz CT molecular complexity index is 1530. The third-order valence-corrected chi connectivity index (χ3v) is 7.57. The molecule has 212 valence electrons. The summed E-state index contributed by atoms with van der Waals surface area (Å²) in [4.78, 5) is 28.4. The summed E-state index contributed by atoms with van der Waals surface area (Å²) in [5, 5.41) is 9.55. The minimum atomic E-state index is -0.286. The molecule has 3 N–H and O–H groups in total. The number of likely N-dealkylation sites (N-methyl/N-ethyl adjacent to an activating group) is 1. The number of aliphatic imine (C=N–C) groups is 1. The van der Waals surface area contributed by atoms with E-state index in [0.717, 1.165) is 41.9 Å². The molecular weight excluding hydrogens is 541 g/mol. The van der Waals surface area contributed by atoms with E-state index in [4.69, 9.17) is 21.6 Å². The van der Waals surface area contributed by atoms with Crippen LogP contribution in [0.2, 0.25) is 5.02 Å². The lowest BCUT2D eigenvalue weighted by molar-refractivity contribution is 0.0963. The lowest BCUT2D eigenvalue weighted by atomic mass is 9.87. The average molecular weight is 574 g/mol. The molecule has 2 heterocycles. The first-order valence-electron chi connectivity index (χ1n) is 13.6. The number of benzene rings is 2. The highest BCUT2D eigenvalue weighted by Crippen LogP contribution is 2.37. The molecule has 41 heavy (non-hydrogen) atoms. The fourth-order valence-corrected chi connectivity index (χ4v) is 5.36. The van der Waals surface area contributed by atoms with Gasteiger partial charge in [0.2, 0.25) is 5.95 Å². The molecule has 1 aliphatic carbocycles. The molecule has 1 unspecified atom stereocenters. The van der Waals surface area contributed by atoms with Crippen LogP contribution in [0.5, 0.6) is 0 Å². The number of halogens is 2. The summed E-state index contributed by atoms with van der Waals surface area (Å²) >= 11 is 6.50. The van der Waals surface area contributed by atoms with Crippen molar-refractivity contribution in [1.29, 1.82) is 0 Å². The number of rotatable bonds is 9. The second-order valence-corrected chi connectivity index (χ2v) is 10.5. The quantitative estimate of drug-likeness (QED) is 0.301. The molecule has 0 bridgehead atoms. The second-order valence-electron chi connectivity index (χ2n) is 10.1. The van der Waals surface area contributed by atoms with Crippen molar-refractivity contribution >= 4 is 34.9 Å². The van der Waals surface area contributed by atoms with Crippen molar-refractivity contribution in [2.24, 2.45) is 4.99 Å². The molecule has 10 heteroatoms. The molecule has 0 saturated heterocycles. The number of nitrogens with zero attached hydrogens (tertiary/aromatic N) is 4. The van der Waals surface area contributed by atoms with Crippen LogP contribution in [0.3, 0.4) is 0 Å². The van der Waals surface area contributed by atoms with Crippen LogP contribution in [-0.4, -0.2) is 66.8 Å². The van der Waals surface area contributed by atoms with Gasteiger partial charge in [0.25, 0.3) is 5.91 Å². The predicted octanol–water partition coefficient (Wildman–Crippen LogP) is 5.30. The summed E-state index contributed by atoms with van der Waals surface area (Å²) in [6, 6.07) is 12.5. The fraction of sp³-hybridized carbons (Fsp3) is 0.290. The molecule has 8 nitrogen and oxygen atoms in total. The maximum atomic E-state index is 15.7. The number of allylic oxidation sites excluding steroid dienone is 2. The fourth-order valence-electron chi connectivity index (χ4n) is 5.19. The van der Waals surface area contributed by atoms with Gasteiger partial charge < -0.3 is 16.0 Å². The van der Waals surface area contributed by atoms with E-state index in [1.165, 1.54) is 6.08 Å². The number of amides is 1. The van der Waals surface area contributed by atoms with Crippen LogP contribution in [0, 0.1) is 0 Å². The lowest BCUT2D eigenvalue weighted by Gasteiger charge is -2.32. The Kier molecular flexibility index (Phi) is 8.87. The smallest absolute Gasteiger partial charge is 0.251 e. The zero-order valence-electron chi connectivity index (χ0n) is 23.3. The van der Waals surface area contributed by atoms with Crippen LogP contribution in [0.25, 0.3) is 11.3 Å². The number of hydrogen-bond donors (Lipinski definition) is 3. The maximum Gasteiger partial charge on any atom is 0.251 e. The first-order chi connectivity index (χ1) is 19.9. The van der Waals surface area contributed by atoms with Crippen molar-refractivity contribution in [3.8, 4) is 11.3 Å². The van der Waals surface area contributed by atoms with Crippen molar-refractivity contribution in [3.63, 3.8) is 0 Å². The first-order valence-corrected chi connectivity index (χ1v) is 14.0. The van der Waals surface area contributed by atoms with Crippen molar-refractivity contribution in [1.82, 2.24) is 25.5 Å². The summed E-state index contributed by atoms with van der Waals surface area (Å²) < 4.78 is 15.7. The van der Waals surface area contributed by atoms with Gasteiger partial charge in [0.1, 0.15) is 5.83 Å². The molecule has 1 atom stereocenters. The van der Waals surface area contributed by atoms with E-state index in [-0.39, 0.29) is 17.8 Å². The molecule has 1 aliphatic heterocycles. The zero-order valence-corrected chi connectivity index (χ0v) is 24.1. The van der Waals surface area contributed by atoms with Crippen molar-refractivity contribution in [2.45, 2.75) is 25.4 Å². The van der Waals surface area contributed by atoms with E-state index in [2.05, 4.69) is 25.8 Å². The molecule has 0 radical (unpaired) electrons. The molecule has 1 aromatic heterocycles. The average Bonchev–Trinajstić information content (AvgIpc) is 3.13. The number of carbonyl (C=O) groups is 1. The molecule has 3 aromatic rings. The molecule has 1 amide bonds. The number of anilines is 2. The Hall–Kier alpha value is -3.92. The summed E-state index contributed by atoms with van der Waals surface area (Å²) in [6.45, 7) is 2.00. The Balaban J connectivity index is 1.51. The van der Waals surface area contributed by atoms with E-state index >= 15 is 4.39 Å². The summed E-state index contributed by atoms with van der Waals surface area (Å²) in [6.07, 6.45) is 6.81. The Morgan fingerprint density at radius 2 is 1.95 bits per heavy atom. The Morgan fingerprint density at radius 3 is 2.71 bits per heavy atom. The van der Waals surface area contributed by atoms with Crippen LogP contribution in [0.4, 0.5) is 16.0 Å². The van der Waals surface area contributed by atoms with Crippen molar-refractivity contribution in [3.05, 3.63) is 93.9 Å². The Labute approximate surface area is 244 Å². The third kappa shape index (κ3) is 6.22. The predicted molar refractivity (Wildman–Crippen MR) is 163 cm³/mol. The molecule has 2 aromatic carbocycles. The van der Waals surface area contributed by atoms with Gasteiger partial charge in [-0.2, -0.15) is 0 Å². The van der Waals surface area contributed by atoms with Gasteiger partial charge in [-0.15, -0.1) is 0 Å². The summed E-state index contributed by atoms with van der Waals surface area (Å²) in [5.41, 5.74) is 5.55. The topological polar surface area (TPSA) is 94.5 Å². The number of aromatic nitrogens is 2. The van der Waals surface area contributed by atoms with E-state index in [1.54, 1.807) is 37.5 Å². The van der Waals surface area contributed by atoms with Gasteiger partial charge in [-0.25, -0.2) is 14.4 Å². The van der Waals surface area contributed by atoms with Crippen LogP contribution in [-0.2, 0) is 6.54 Å². The number of hydrogen-bond acceptors (Lipinski definition) is 7. The highest BCUT2D eigenvalue weighted by atomic mass is 35.5. The largest absolute Gasteiger partial charge is 0.355 e. The second kappa shape index (κ2) is 12.7. The lowest BCUT2D eigenvalue weighted by Crippen LogP contribution is -2.38. The monoisotopic (exact) mass is 573 g/mol. The van der Waals surface area contributed by atoms with Crippen molar-refractivity contribution < 1.29 is 9.18 Å². The standard InChI is InChI=1S/C31H33ClFN7O/c1-34-14-5-15-40(3)26-7-4-6-25(33)27(26)29-24-16-21(32)10-13-23(24)28-20(17-36-29)18-37-31(39-28)38-22-11-8-19(9-12-22)30(41)35-2/h4,6,8-13,16,18,26,34H,5,7,14-15,17H2,1-3H3,(H,35,41)(H,37,38,39). The van der Waals surface area contributed by atoms with Gasteiger partial charge >= 0.3 is 0 Å². The summed E-state index contributed by atoms with van der Waals surface area (Å²) in [7, 11) is 5.56. The van der Waals surface area contributed by atoms with E-state index < -0.39 is 0 Å². The SMILES string of the molecule is CNCCCN(C)C1CC=CC(F)=C1C1=NCc2cnc(Nc3ccc(C(=O)NC)cc3)nc2-c2ccc(Cl)cc21. The van der Waals surface area contributed by atoms with Gasteiger partial charge in [-0.05, 0) is 82.5 Å².